The van der Waals surface area contributed by atoms with Gasteiger partial charge >= 0.3 is 0 Å². The number of hydrogen-bond acceptors (Lipinski definition) is 2. The van der Waals surface area contributed by atoms with Crippen LogP contribution in [0, 0.1) is 6.92 Å². The highest BCUT2D eigenvalue weighted by molar-refractivity contribution is 5.49. The zero-order chi connectivity index (χ0) is 9.68. The van der Waals surface area contributed by atoms with Crippen molar-refractivity contribution in [3.05, 3.63) is 31.2 Å². The molecule has 0 bridgehead atoms. The van der Waals surface area contributed by atoms with Gasteiger partial charge in [-0.25, -0.2) is 0 Å². The molecule has 0 atom stereocenters. The van der Waals surface area contributed by atoms with Crippen LogP contribution in [0.4, 0.5) is 5.69 Å². The van der Waals surface area contributed by atoms with E-state index in [0.717, 1.165) is 18.7 Å². The predicted molar refractivity (Wildman–Crippen MR) is 56.2 cm³/mol. The number of nitrogens with zero attached hydrogens (tertiary/aromatic N) is 1. The molecule has 0 aliphatic rings. The molecule has 0 heterocycles. The van der Waals surface area contributed by atoms with Crippen molar-refractivity contribution >= 4 is 5.69 Å². The summed E-state index contributed by atoms with van der Waals surface area (Å²) >= 11 is 0. The summed E-state index contributed by atoms with van der Waals surface area (Å²) in [5.74, 6) is 0.897. The zero-order valence-corrected chi connectivity index (χ0v) is 8.29. The van der Waals surface area contributed by atoms with Crippen molar-refractivity contribution in [1.82, 2.24) is 0 Å². The zero-order valence-electron chi connectivity index (χ0n) is 8.29. The van der Waals surface area contributed by atoms with Crippen LogP contribution in [-0.4, -0.2) is 20.7 Å². The van der Waals surface area contributed by atoms with E-state index in [2.05, 4.69) is 24.9 Å². The van der Waals surface area contributed by atoms with Crippen LogP contribution in [0.25, 0.3) is 0 Å². The first kappa shape index (κ1) is 9.90. The van der Waals surface area contributed by atoms with Gasteiger partial charge in [0.2, 0.25) is 0 Å². The third-order valence-electron chi connectivity index (χ3n) is 1.99. The number of rotatable bonds is 4. The van der Waals surface area contributed by atoms with Crippen LogP contribution in [0.15, 0.2) is 24.3 Å². The van der Waals surface area contributed by atoms with Crippen LogP contribution >= 0.6 is 0 Å². The molecule has 1 aromatic rings. The van der Waals surface area contributed by atoms with Gasteiger partial charge in [0.05, 0.1) is 7.11 Å². The topological polar surface area (TPSA) is 12.5 Å². The van der Waals surface area contributed by atoms with Crippen LogP contribution in [0.3, 0.4) is 0 Å². The summed E-state index contributed by atoms with van der Waals surface area (Å²) in [4.78, 5) is 2.16. The van der Waals surface area contributed by atoms with Gasteiger partial charge in [-0.15, -0.1) is 0 Å². The van der Waals surface area contributed by atoms with Crippen LogP contribution in [-0.2, 0) is 0 Å². The minimum Gasteiger partial charge on any atom is -0.497 e. The first-order chi connectivity index (χ1) is 6.27. The summed E-state index contributed by atoms with van der Waals surface area (Å²) in [6.07, 6.45) is 0.910. The normalized spacial score (nSPS) is 9.77. The average Bonchev–Trinajstić information content (AvgIpc) is 2.18. The molecule has 0 spiro atoms. The summed E-state index contributed by atoms with van der Waals surface area (Å²) in [6.45, 7) is 4.79. The Morgan fingerprint density at radius 2 is 2.23 bits per heavy atom. The molecule has 1 aromatic carbocycles. The summed E-state index contributed by atoms with van der Waals surface area (Å²) in [5.41, 5.74) is 1.17. The fourth-order valence-electron chi connectivity index (χ4n) is 1.21. The highest BCUT2D eigenvalue weighted by Crippen LogP contribution is 2.19. The molecule has 0 aliphatic heterocycles. The average molecular weight is 178 g/mol. The maximum Gasteiger partial charge on any atom is 0.120 e. The van der Waals surface area contributed by atoms with E-state index in [0.29, 0.717) is 0 Å². The third kappa shape index (κ3) is 2.65. The smallest absolute Gasteiger partial charge is 0.120 e. The Kier molecular flexibility index (Phi) is 3.62. The molecule has 2 heteroatoms. The molecule has 71 valence electrons. The molecule has 1 radical (unpaired) electrons. The van der Waals surface area contributed by atoms with Gasteiger partial charge in [0.15, 0.2) is 0 Å². The quantitative estimate of drug-likeness (QED) is 0.701. The molecule has 0 aromatic heterocycles. The largest absolute Gasteiger partial charge is 0.497 e. The summed E-state index contributed by atoms with van der Waals surface area (Å²) in [7, 11) is 3.74. The van der Waals surface area contributed by atoms with Gasteiger partial charge in [0.25, 0.3) is 0 Å². The minimum absolute atomic E-state index is 0.897. The standard InChI is InChI=1S/C11H16NO/c1-4-8-12(2)10-6-5-7-11(9-10)13-3/h5-7,9H,1,4,8H2,2-3H3. The van der Waals surface area contributed by atoms with Crippen LogP contribution < -0.4 is 9.64 Å². The van der Waals surface area contributed by atoms with E-state index in [1.165, 1.54) is 5.69 Å². The molecular formula is C11H16NO. The number of anilines is 1. The molecule has 0 unspecified atom stereocenters. The lowest BCUT2D eigenvalue weighted by molar-refractivity contribution is 0.415. The van der Waals surface area contributed by atoms with Crippen LogP contribution in [0.1, 0.15) is 6.42 Å². The molecule has 0 N–H and O–H groups in total. The van der Waals surface area contributed by atoms with Crippen molar-refractivity contribution in [2.24, 2.45) is 0 Å². The SMILES string of the molecule is [CH2]CCN(C)c1cccc(OC)c1. The van der Waals surface area contributed by atoms with Crippen molar-refractivity contribution in [1.29, 1.82) is 0 Å². The molecule has 13 heavy (non-hydrogen) atoms. The lowest BCUT2D eigenvalue weighted by Gasteiger charge is -2.18. The van der Waals surface area contributed by atoms with E-state index in [1.54, 1.807) is 7.11 Å². The highest BCUT2D eigenvalue weighted by atomic mass is 16.5. The second kappa shape index (κ2) is 4.75. The van der Waals surface area contributed by atoms with E-state index < -0.39 is 0 Å². The predicted octanol–water partition coefficient (Wildman–Crippen LogP) is 2.36. The fraction of sp³-hybridized carbons (Fsp3) is 0.364. The lowest BCUT2D eigenvalue weighted by atomic mass is 10.2. The Morgan fingerprint density at radius 1 is 1.46 bits per heavy atom. The molecule has 0 fully saturated rings. The second-order valence-corrected chi connectivity index (χ2v) is 2.98. The van der Waals surface area contributed by atoms with Crippen molar-refractivity contribution in [3.8, 4) is 5.75 Å². The number of benzene rings is 1. The first-order valence-electron chi connectivity index (χ1n) is 4.42. The van der Waals surface area contributed by atoms with E-state index in [9.17, 15) is 0 Å². The Morgan fingerprint density at radius 3 is 2.85 bits per heavy atom. The van der Waals surface area contributed by atoms with E-state index in [-0.39, 0.29) is 0 Å². The Labute approximate surface area is 80.1 Å². The Bertz CT molecular complexity index is 260. The van der Waals surface area contributed by atoms with E-state index in [1.807, 2.05) is 18.2 Å². The highest BCUT2D eigenvalue weighted by Gasteiger charge is 1.99. The van der Waals surface area contributed by atoms with Gasteiger partial charge < -0.3 is 9.64 Å². The molecule has 0 saturated carbocycles. The molecule has 2 nitrogen and oxygen atoms in total. The Balaban J connectivity index is 2.75. The summed E-state index contributed by atoms with van der Waals surface area (Å²) in [5, 5.41) is 0. The van der Waals surface area contributed by atoms with Gasteiger partial charge in [-0.05, 0) is 18.6 Å². The van der Waals surface area contributed by atoms with Gasteiger partial charge in [0, 0.05) is 25.3 Å². The van der Waals surface area contributed by atoms with E-state index >= 15 is 0 Å². The third-order valence-corrected chi connectivity index (χ3v) is 1.99. The van der Waals surface area contributed by atoms with Gasteiger partial charge in [-0.1, -0.05) is 13.0 Å². The van der Waals surface area contributed by atoms with E-state index in [4.69, 9.17) is 4.74 Å². The van der Waals surface area contributed by atoms with Crippen molar-refractivity contribution in [2.45, 2.75) is 6.42 Å². The van der Waals surface area contributed by atoms with Gasteiger partial charge in [-0.3, -0.25) is 0 Å². The minimum atomic E-state index is 0.897. The monoisotopic (exact) mass is 178 g/mol. The number of ether oxygens (including phenoxy) is 1. The number of hydrogen-bond donors (Lipinski definition) is 0. The molecular weight excluding hydrogens is 162 g/mol. The molecule has 0 saturated heterocycles. The van der Waals surface area contributed by atoms with Crippen molar-refractivity contribution in [3.63, 3.8) is 0 Å². The summed E-state index contributed by atoms with van der Waals surface area (Å²) < 4.78 is 5.14. The maximum atomic E-state index is 5.14. The number of methoxy groups -OCH3 is 1. The lowest BCUT2D eigenvalue weighted by Crippen LogP contribution is -2.17. The second-order valence-electron chi connectivity index (χ2n) is 2.98. The summed E-state index contributed by atoms with van der Waals surface area (Å²) in [6, 6.07) is 8.03. The van der Waals surface area contributed by atoms with Crippen molar-refractivity contribution in [2.75, 3.05) is 25.6 Å². The molecule has 0 amide bonds. The first-order valence-corrected chi connectivity index (χ1v) is 4.42. The Hall–Kier alpha value is -1.18. The fourth-order valence-corrected chi connectivity index (χ4v) is 1.21. The van der Waals surface area contributed by atoms with Crippen molar-refractivity contribution < 1.29 is 4.74 Å². The van der Waals surface area contributed by atoms with Gasteiger partial charge in [-0.2, -0.15) is 0 Å². The van der Waals surface area contributed by atoms with Crippen LogP contribution in [0.2, 0.25) is 0 Å². The molecule has 0 aliphatic carbocycles. The van der Waals surface area contributed by atoms with Gasteiger partial charge in [0.1, 0.15) is 5.75 Å². The molecule has 1 rings (SSSR count). The van der Waals surface area contributed by atoms with Crippen LogP contribution in [0.5, 0.6) is 5.75 Å². The maximum absolute atomic E-state index is 5.14.